The van der Waals surface area contributed by atoms with Gasteiger partial charge in [0.15, 0.2) is 10.7 Å². The zero-order chi connectivity index (χ0) is 19.1. The van der Waals surface area contributed by atoms with Gasteiger partial charge in [-0.05, 0) is 51.9 Å². The third-order valence-corrected chi connectivity index (χ3v) is 5.30. The first kappa shape index (κ1) is 18.7. The molecule has 1 aliphatic rings. The molecule has 1 aromatic carbocycles. The summed E-state index contributed by atoms with van der Waals surface area (Å²) in [6, 6.07) is 8.03. The van der Waals surface area contributed by atoms with Crippen LogP contribution in [0.5, 0.6) is 5.75 Å². The highest BCUT2D eigenvalue weighted by Gasteiger charge is 2.52. The van der Waals surface area contributed by atoms with Gasteiger partial charge >= 0.3 is 10.1 Å². The van der Waals surface area contributed by atoms with E-state index in [1.54, 1.807) is 42.5 Å². The minimum Gasteiger partial charge on any atom is -0.383 e. The largest absolute Gasteiger partial charge is 0.383 e. The van der Waals surface area contributed by atoms with Crippen LogP contribution in [0.15, 0.2) is 47.2 Å². The topological polar surface area (TPSA) is 88.6 Å². The number of benzene rings is 1. The minimum atomic E-state index is -3.64. The van der Waals surface area contributed by atoms with Gasteiger partial charge < -0.3 is 14.4 Å². The first-order valence-corrected chi connectivity index (χ1v) is 10.4. The number of carbonyl (C=O) groups is 1. The van der Waals surface area contributed by atoms with Crippen LogP contribution in [0.4, 0.5) is 0 Å². The maximum Gasteiger partial charge on any atom is 0.306 e. The van der Waals surface area contributed by atoms with Gasteiger partial charge in [0.1, 0.15) is 5.75 Å². The molecule has 1 N–H and O–H groups in total. The molecule has 7 nitrogen and oxygen atoms in total. The van der Waals surface area contributed by atoms with Crippen molar-refractivity contribution in [3.8, 4) is 5.75 Å². The summed E-state index contributed by atoms with van der Waals surface area (Å²) in [5, 5.41) is 2.96. The van der Waals surface area contributed by atoms with Gasteiger partial charge in [0, 0.05) is 29.5 Å². The Morgan fingerprint density at radius 1 is 1.23 bits per heavy atom. The molecule has 1 atom stereocenters. The first-order valence-electron chi connectivity index (χ1n) is 7.35. The second-order valence-corrected chi connectivity index (χ2v) is 8.61. The molecule has 0 saturated carbocycles. The molecular weight excluding hydrogens is 442 g/mol. The van der Waals surface area contributed by atoms with E-state index in [2.05, 4.69) is 26.2 Å². The number of amides is 1. The number of thiocarbonyl (C=S) groups is 1. The van der Waals surface area contributed by atoms with Crippen LogP contribution in [0.25, 0.3) is 0 Å². The van der Waals surface area contributed by atoms with Crippen LogP contribution in [-0.4, -0.2) is 42.6 Å². The third-order valence-electron chi connectivity index (χ3n) is 4.00. The fourth-order valence-electron chi connectivity index (χ4n) is 2.93. The van der Waals surface area contributed by atoms with E-state index in [1.807, 2.05) is 0 Å². The number of hydrogen-bond acceptors (Lipinski definition) is 6. The Hall–Kier alpha value is -2.04. The number of hydrogen-bond donors (Lipinski definition) is 1. The molecule has 136 valence electrons. The lowest BCUT2D eigenvalue weighted by molar-refractivity contribution is -0.124. The number of likely N-dealkylation sites (N-methyl/N-ethyl adjacent to an activating group) is 1. The molecule has 2 heterocycles. The average Bonchev–Trinajstić information content (AvgIpc) is 2.77. The quantitative estimate of drug-likeness (QED) is 0.554. The van der Waals surface area contributed by atoms with E-state index in [1.165, 1.54) is 12.1 Å². The van der Waals surface area contributed by atoms with Gasteiger partial charge in [-0.25, -0.2) is 0 Å². The summed E-state index contributed by atoms with van der Waals surface area (Å²) in [6.45, 7) is 0. The van der Waals surface area contributed by atoms with Crippen LogP contribution in [0.2, 0.25) is 0 Å². The van der Waals surface area contributed by atoms with E-state index in [-0.39, 0.29) is 16.8 Å². The van der Waals surface area contributed by atoms with Crippen molar-refractivity contribution in [1.82, 2.24) is 15.2 Å². The van der Waals surface area contributed by atoms with Crippen molar-refractivity contribution in [2.45, 2.75) is 5.54 Å². The van der Waals surface area contributed by atoms with Crippen molar-refractivity contribution in [3.63, 3.8) is 0 Å². The summed E-state index contributed by atoms with van der Waals surface area (Å²) >= 11 is 8.63. The Kier molecular flexibility index (Phi) is 4.76. The van der Waals surface area contributed by atoms with Crippen molar-refractivity contribution in [2.24, 2.45) is 0 Å². The second-order valence-electron chi connectivity index (χ2n) is 5.73. The molecule has 10 heteroatoms. The predicted octanol–water partition coefficient (Wildman–Crippen LogP) is 1.77. The summed E-state index contributed by atoms with van der Waals surface area (Å²) in [7, 11) is -1.93. The van der Waals surface area contributed by atoms with Gasteiger partial charge in [-0.1, -0.05) is 12.1 Å². The Balaban J connectivity index is 2.17. The molecule has 0 aliphatic carbocycles. The van der Waals surface area contributed by atoms with Gasteiger partial charge in [0.2, 0.25) is 0 Å². The lowest BCUT2D eigenvalue weighted by Gasteiger charge is -2.34. The normalized spacial score (nSPS) is 20.2. The number of halogens is 1. The lowest BCUT2D eigenvalue weighted by Crippen LogP contribution is -2.46. The monoisotopic (exact) mass is 455 g/mol. The Morgan fingerprint density at radius 3 is 2.38 bits per heavy atom. The Bertz CT molecular complexity index is 995. The molecular formula is C16H14BrN3O4S2. The molecule has 1 unspecified atom stereocenters. The van der Waals surface area contributed by atoms with Gasteiger partial charge in [-0.3, -0.25) is 9.78 Å². The fraction of sp³-hybridized carbons (Fsp3) is 0.188. The first-order chi connectivity index (χ1) is 12.1. The predicted molar refractivity (Wildman–Crippen MR) is 103 cm³/mol. The van der Waals surface area contributed by atoms with Crippen molar-refractivity contribution < 1.29 is 17.4 Å². The van der Waals surface area contributed by atoms with E-state index in [4.69, 9.17) is 16.4 Å². The summed E-state index contributed by atoms with van der Waals surface area (Å²) in [6.07, 6.45) is 4.17. The van der Waals surface area contributed by atoms with E-state index in [0.717, 1.165) is 6.26 Å². The van der Waals surface area contributed by atoms with Crippen LogP contribution in [0.3, 0.4) is 0 Å². The van der Waals surface area contributed by atoms with Crippen LogP contribution < -0.4 is 9.50 Å². The van der Waals surface area contributed by atoms with E-state index < -0.39 is 15.7 Å². The van der Waals surface area contributed by atoms with Gasteiger partial charge in [-0.15, -0.1) is 0 Å². The molecule has 0 radical (unpaired) electrons. The maximum atomic E-state index is 12.9. The van der Waals surface area contributed by atoms with Gasteiger partial charge in [0.05, 0.1) is 6.26 Å². The average molecular weight is 456 g/mol. The summed E-state index contributed by atoms with van der Waals surface area (Å²) < 4.78 is 28.1. The highest BCUT2D eigenvalue weighted by molar-refractivity contribution is 9.10. The number of pyridine rings is 1. The summed E-state index contributed by atoms with van der Waals surface area (Å²) in [5.41, 5.74) is -0.0149. The fourth-order valence-corrected chi connectivity index (χ4v) is 3.98. The molecule has 1 saturated heterocycles. The zero-order valence-corrected chi connectivity index (χ0v) is 17.0. The van der Waals surface area contributed by atoms with Crippen LogP contribution in [0, 0.1) is 0 Å². The standard InChI is InChI=1S/C16H14BrN3O4S2/c1-20-15(25)19-14(21)16(20,11-7-12(17)9-18-8-11)10-3-5-13(6-4-10)24-26(2,22)23/h3-9H,1-2H3,(H,19,21,25). The molecule has 1 amide bonds. The number of carbonyl (C=O) groups excluding carboxylic acids is 1. The van der Waals surface area contributed by atoms with E-state index in [0.29, 0.717) is 15.6 Å². The van der Waals surface area contributed by atoms with E-state index in [9.17, 15) is 13.2 Å². The Labute approximate surface area is 164 Å². The van der Waals surface area contributed by atoms with Crippen molar-refractivity contribution in [3.05, 3.63) is 58.3 Å². The van der Waals surface area contributed by atoms with Gasteiger partial charge in [-0.2, -0.15) is 8.42 Å². The number of aromatic nitrogens is 1. The highest BCUT2D eigenvalue weighted by atomic mass is 79.9. The molecule has 1 aromatic heterocycles. The molecule has 1 fully saturated rings. The molecule has 0 spiro atoms. The maximum absolute atomic E-state index is 12.9. The summed E-state index contributed by atoms with van der Waals surface area (Å²) in [5.74, 6) is -0.163. The highest BCUT2D eigenvalue weighted by Crippen LogP contribution is 2.40. The van der Waals surface area contributed by atoms with Crippen molar-refractivity contribution in [2.75, 3.05) is 13.3 Å². The van der Waals surface area contributed by atoms with Gasteiger partial charge in [0.25, 0.3) is 5.91 Å². The zero-order valence-electron chi connectivity index (χ0n) is 13.8. The molecule has 1 aliphatic heterocycles. The van der Waals surface area contributed by atoms with Crippen LogP contribution in [-0.2, 0) is 20.5 Å². The summed E-state index contributed by atoms with van der Waals surface area (Å²) in [4.78, 5) is 18.7. The lowest BCUT2D eigenvalue weighted by atomic mass is 9.82. The third kappa shape index (κ3) is 3.19. The molecule has 26 heavy (non-hydrogen) atoms. The molecule has 2 aromatic rings. The SMILES string of the molecule is CN1C(=S)NC(=O)C1(c1ccc(OS(C)(=O)=O)cc1)c1cncc(Br)c1. The van der Waals surface area contributed by atoms with Crippen molar-refractivity contribution in [1.29, 1.82) is 0 Å². The molecule has 3 rings (SSSR count). The van der Waals surface area contributed by atoms with Crippen molar-refractivity contribution >= 4 is 49.3 Å². The van der Waals surface area contributed by atoms with Crippen LogP contribution in [0.1, 0.15) is 11.1 Å². The van der Waals surface area contributed by atoms with E-state index >= 15 is 0 Å². The van der Waals surface area contributed by atoms with Crippen LogP contribution >= 0.6 is 28.1 Å². The number of nitrogens with zero attached hydrogens (tertiary/aromatic N) is 2. The Morgan fingerprint density at radius 2 is 1.88 bits per heavy atom. The second kappa shape index (κ2) is 6.60. The number of nitrogens with one attached hydrogen (secondary N) is 1. The number of rotatable bonds is 4. The minimum absolute atomic E-state index is 0.155. The molecule has 0 bridgehead atoms. The smallest absolute Gasteiger partial charge is 0.306 e.